The third-order valence-corrected chi connectivity index (χ3v) is 3.14. The lowest BCUT2D eigenvalue weighted by molar-refractivity contribution is -0.116. The summed E-state index contributed by atoms with van der Waals surface area (Å²) in [6, 6.07) is 15.4. The quantitative estimate of drug-likeness (QED) is 0.846. The molecule has 2 rings (SSSR count). The number of nitrogens with one attached hydrogen (secondary N) is 1. The van der Waals surface area contributed by atoms with Crippen LogP contribution in [0.3, 0.4) is 0 Å². The summed E-state index contributed by atoms with van der Waals surface area (Å²) in [6.07, 6.45) is 3.29. The molecular formula is C17H16ClNO. The fourth-order valence-corrected chi connectivity index (χ4v) is 1.83. The first-order chi connectivity index (χ1) is 9.63. The standard InChI is InChI=1S/C17H16ClNO/c1-13-2-4-15(5-3-13)12-19-17(20)11-8-14-6-9-16(18)10-7-14/h2-11H,12H2,1H3,(H,19,20). The van der Waals surface area contributed by atoms with Gasteiger partial charge in [-0.05, 0) is 36.3 Å². The molecule has 2 nitrogen and oxygen atoms in total. The number of benzene rings is 2. The summed E-state index contributed by atoms with van der Waals surface area (Å²) in [5.74, 6) is -0.111. The molecule has 2 aromatic rings. The molecule has 1 N–H and O–H groups in total. The van der Waals surface area contributed by atoms with Crippen molar-refractivity contribution >= 4 is 23.6 Å². The van der Waals surface area contributed by atoms with Crippen molar-refractivity contribution in [2.45, 2.75) is 13.5 Å². The molecule has 0 bridgehead atoms. The Morgan fingerprint density at radius 1 is 1.10 bits per heavy atom. The summed E-state index contributed by atoms with van der Waals surface area (Å²) in [4.78, 5) is 11.7. The number of aryl methyl sites for hydroxylation is 1. The SMILES string of the molecule is Cc1ccc(CNC(=O)C=Cc2ccc(Cl)cc2)cc1. The Bertz CT molecular complexity index is 600. The molecule has 2 aromatic carbocycles. The molecule has 0 radical (unpaired) electrons. The normalized spacial score (nSPS) is 10.7. The van der Waals surface area contributed by atoms with Crippen LogP contribution in [0.15, 0.2) is 54.6 Å². The van der Waals surface area contributed by atoms with E-state index in [2.05, 4.69) is 5.32 Å². The number of hydrogen-bond acceptors (Lipinski definition) is 1. The highest BCUT2D eigenvalue weighted by molar-refractivity contribution is 6.30. The zero-order chi connectivity index (χ0) is 14.4. The monoisotopic (exact) mass is 285 g/mol. The van der Waals surface area contributed by atoms with Gasteiger partial charge < -0.3 is 5.32 Å². The molecule has 0 aliphatic heterocycles. The van der Waals surface area contributed by atoms with Crippen LogP contribution in [-0.2, 0) is 11.3 Å². The van der Waals surface area contributed by atoms with Crippen molar-refractivity contribution in [1.29, 1.82) is 0 Å². The van der Waals surface area contributed by atoms with E-state index >= 15 is 0 Å². The molecule has 1 amide bonds. The average Bonchev–Trinajstić information content (AvgIpc) is 2.46. The summed E-state index contributed by atoms with van der Waals surface area (Å²) in [7, 11) is 0. The van der Waals surface area contributed by atoms with Crippen LogP contribution in [0, 0.1) is 6.92 Å². The van der Waals surface area contributed by atoms with Gasteiger partial charge in [-0.15, -0.1) is 0 Å². The Morgan fingerprint density at radius 3 is 2.40 bits per heavy atom. The molecule has 20 heavy (non-hydrogen) atoms. The van der Waals surface area contributed by atoms with Gasteiger partial charge >= 0.3 is 0 Å². The smallest absolute Gasteiger partial charge is 0.244 e. The van der Waals surface area contributed by atoms with E-state index in [1.165, 1.54) is 11.6 Å². The lowest BCUT2D eigenvalue weighted by Gasteiger charge is -2.03. The Labute approximate surface area is 124 Å². The Balaban J connectivity index is 1.86. The predicted molar refractivity (Wildman–Crippen MR) is 83.5 cm³/mol. The fraction of sp³-hybridized carbons (Fsp3) is 0.118. The lowest BCUT2D eigenvalue weighted by Crippen LogP contribution is -2.20. The van der Waals surface area contributed by atoms with Crippen molar-refractivity contribution in [3.05, 3.63) is 76.3 Å². The van der Waals surface area contributed by atoms with Crippen LogP contribution in [0.5, 0.6) is 0 Å². The number of amides is 1. The third kappa shape index (κ3) is 4.56. The first kappa shape index (κ1) is 14.4. The van der Waals surface area contributed by atoms with E-state index in [-0.39, 0.29) is 5.91 Å². The van der Waals surface area contributed by atoms with E-state index < -0.39 is 0 Å². The molecule has 0 unspecified atom stereocenters. The van der Waals surface area contributed by atoms with E-state index in [1.807, 2.05) is 43.3 Å². The molecule has 0 heterocycles. The van der Waals surface area contributed by atoms with Crippen LogP contribution in [-0.4, -0.2) is 5.91 Å². The highest BCUT2D eigenvalue weighted by atomic mass is 35.5. The molecule has 102 valence electrons. The summed E-state index contributed by atoms with van der Waals surface area (Å²) in [5.41, 5.74) is 3.24. The summed E-state index contributed by atoms with van der Waals surface area (Å²) in [6.45, 7) is 2.57. The van der Waals surface area contributed by atoms with Crippen molar-refractivity contribution in [3.8, 4) is 0 Å². The van der Waals surface area contributed by atoms with Crippen molar-refractivity contribution in [1.82, 2.24) is 5.32 Å². The van der Waals surface area contributed by atoms with Crippen molar-refractivity contribution < 1.29 is 4.79 Å². The summed E-state index contributed by atoms with van der Waals surface area (Å²) in [5, 5.41) is 3.53. The van der Waals surface area contributed by atoms with Crippen LogP contribution in [0.1, 0.15) is 16.7 Å². The van der Waals surface area contributed by atoms with Gasteiger partial charge in [0.25, 0.3) is 0 Å². The molecular weight excluding hydrogens is 270 g/mol. The van der Waals surface area contributed by atoms with Crippen LogP contribution in [0.4, 0.5) is 0 Å². The molecule has 0 atom stereocenters. The molecule has 0 saturated carbocycles. The maximum atomic E-state index is 11.7. The third-order valence-electron chi connectivity index (χ3n) is 2.88. The van der Waals surface area contributed by atoms with Gasteiger partial charge in [-0.25, -0.2) is 0 Å². The highest BCUT2D eigenvalue weighted by Crippen LogP contribution is 2.10. The molecule has 3 heteroatoms. The maximum absolute atomic E-state index is 11.7. The van der Waals surface area contributed by atoms with Gasteiger partial charge in [-0.3, -0.25) is 4.79 Å². The van der Waals surface area contributed by atoms with E-state index in [4.69, 9.17) is 11.6 Å². The van der Waals surface area contributed by atoms with Crippen LogP contribution in [0.25, 0.3) is 6.08 Å². The van der Waals surface area contributed by atoms with E-state index in [0.717, 1.165) is 11.1 Å². The van der Waals surface area contributed by atoms with Crippen LogP contribution < -0.4 is 5.32 Å². The molecule has 0 aliphatic rings. The van der Waals surface area contributed by atoms with Gasteiger partial charge in [0.1, 0.15) is 0 Å². The first-order valence-electron chi connectivity index (χ1n) is 6.40. The Hall–Kier alpha value is -2.06. The number of hydrogen-bond donors (Lipinski definition) is 1. The van der Waals surface area contributed by atoms with E-state index in [1.54, 1.807) is 18.2 Å². The molecule has 0 fully saturated rings. The van der Waals surface area contributed by atoms with Gasteiger partial charge in [-0.1, -0.05) is 53.6 Å². The van der Waals surface area contributed by atoms with E-state index in [9.17, 15) is 4.79 Å². The topological polar surface area (TPSA) is 29.1 Å². The minimum Gasteiger partial charge on any atom is -0.348 e. The van der Waals surface area contributed by atoms with Crippen molar-refractivity contribution in [2.24, 2.45) is 0 Å². The predicted octanol–water partition coefficient (Wildman–Crippen LogP) is 3.98. The zero-order valence-electron chi connectivity index (χ0n) is 11.3. The Kier molecular flexibility index (Phi) is 4.97. The number of halogens is 1. The van der Waals surface area contributed by atoms with Gasteiger partial charge in [0.2, 0.25) is 5.91 Å². The molecule has 0 aliphatic carbocycles. The second-order valence-corrected chi connectivity index (χ2v) is 5.02. The van der Waals surface area contributed by atoms with Gasteiger partial charge in [0.05, 0.1) is 0 Å². The molecule has 0 saturated heterocycles. The van der Waals surface area contributed by atoms with Crippen LogP contribution >= 0.6 is 11.6 Å². The highest BCUT2D eigenvalue weighted by Gasteiger charge is 1.97. The zero-order valence-corrected chi connectivity index (χ0v) is 12.0. The summed E-state index contributed by atoms with van der Waals surface area (Å²) >= 11 is 5.80. The van der Waals surface area contributed by atoms with Crippen molar-refractivity contribution in [3.63, 3.8) is 0 Å². The Morgan fingerprint density at radius 2 is 1.75 bits per heavy atom. The minimum absolute atomic E-state index is 0.111. The minimum atomic E-state index is -0.111. The maximum Gasteiger partial charge on any atom is 0.244 e. The van der Waals surface area contributed by atoms with Crippen molar-refractivity contribution in [2.75, 3.05) is 0 Å². The number of carbonyl (C=O) groups excluding carboxylic acids is 1. The number of carbonyl (C=O) groups is 1. The fourth-order valence-electron chi connectivity index (χ4n) is 1.70. The number of rotatable bonds is 4. The lowest BCUT2D eigenvalue weighted by atomic mass is 10.1. The van der Waals surface area contributed by atoms with Crippen LogP contribution in [0.2, 0.25) is 5.02 Å². The molecule has 0 spiro atoms. The van der Waals surface area contributed by atoms with Gasteiger partial charge in [-0.2, -0.15) is 0 Å². The second-order valence-electron chi connectivity index (χ2n) is 4.59. The van der Waals surface area contributed by atoms with Gasteiger partial charge in [0, 0.05) is 17.6 Å². The second kappa shape index (κ2) is 6.92. The molecule has 0 aromatic heterocycles. The average molecular weight is 286 g/mol. The largest absolute Gasteiger partial charge is 0.348 e. The summed E-state index contributed by atoms with van der Waals surface area (Å²) < 4.78 is 0. The van der Waals surface area contributed by atoms with Gasteiger partial charge in [0.15, 0.2) is 0 Å². The first-order valence-corrected chi connectivity index (χ1v) is 6.78. The van der Waals surface area contributed by atoms with E-state index in [0.29, 0.717) is 11.6 Å².